The molecular formula is C19H24FN5O. The Morgan fingerprint density at radius 2 is 1.85 bits per heavy atom. The molecule has 3 rings (SSSR count). The van der Waals surface area contributed by atoms with E-state index in [1.165, 1.54) is 6.07 Å². The van der Waals surface area contributed by atoms with Gasteiger partial charge in [0.2, 0.25) is 0 Å². The number of amides is 1. The number of halogens is 1. The third-order valence-corrected chi connectivity index (χ3v) is 4.39. The van der Waals surface area contributed by atoms with Gasteiger partial charge in [0.25, 0.3) is 5.91 Å². The number of rotatable bonds is 5. The van der Waals surface area contributed by atoms with Gasteiger partial charge in [0.1, 0.15) is 23.2 Å². The van der Waals surface area contributed by atoms with E-state index in [0.29, 0.717) is 49.9 Å². The molecular weight excluding hydrogens is 333 g/mol. The standard InChI is InChI=1S/C19H24FN5O/c1-3-8-21-19(26)16-13-18(23-14(2)22-16)25-11-9-24(10-12-25)17-7-5-4-6-15(17)20/h4-7,13H,3,8-12H2,1-2H3,(H,21,26). The summed E-state index contributed by atoms with van der Waals surface area (Å²) in [5.74, 6) is 0.935. The lowest BCUT2D eigenvalue weighted by Gasteiger charge is -2.36. The van der Waals surface area contributed by atoms with Gasteiger partial charge >= 0.3 is 0 Å². The molecule has 0 aliphatic carbocycles. The third-order valence-electron chi connectivity index (χ3n) is 4.39. The molecule has 1 aliphatic heterocycles. The molecule has 7 heteroatoms. The first-order valence-corrected chi connectivity index (χ1v) is 8.97. The van der Waals surface area contributed by atoms with Crippen LogP contribution in [0.4, 0.5) is 15.9 Å². The second-order valence-electron chi connectivity index (χ2n) is 6.34. The van der Waals surface area contributed by atoms with Crippen molar-refractivity contribution >= 4 is 17.4 Å². The van der Waals surface area contributed by atoms with Crippen molar-refractivity contribution in [1.82, 2.24) is 15.3 Å². The molecule has 2 aromatic rings. The van der Waals surface area contributed by atoms with Crippen LogP contribution in [0, 0.1) is 12.7 Å². The molecule has 2 heterocycles. The van der Waals surface area contributed by atoms with E-state index in [-0.39, 0.29) is 11.7 Å². The van der Waals surface area contributed by atoms with Crippen LogP contribution in [0.25, 0.3) is 0 Å². The summed E-state index contributed by atoms with van der Waals surface area (Å²) >= 11 is 0. The van der Waals surface area contributed by atoms with Crippen molar-refractivity contribution in [1.29, 1.82) is 0 Å². The maximum Gasteiger partial charge on any atom is 0.270 e. The minimum absolute atomic E-state index is 0.177. The lowest BCUT2D eigenvalue weighted by Crippen LogP contribution is -2.47. The van der Waals surface area contributed by atoms with Crippen LogP contribution in [-0.2, 0) is 0 Å². The predicted octanol–water partition coefficient (Wildman–Crippen LogP) is 2.39. The number of para-hydroxylation sites is 1. The molecule has 1 saturated heterocycles. The Balaban J connectivity index is 1.70. The van der Waals surface area contributed by atoms with Gasteiger partial charge in [-0.05, 0) is 25.5 Å². The summed E-state index contributed by atoms with van der Waals surface area (Å²) in [7, 11) is 0. The molecule has 1 aliphatic rings. The number of nitrogens with zero attached hydrogens (tertiary/aromatic N) is 4. The molecule has 1 amide bonds. The zero-order valence-corrected chi connectivity index (χ0v) is 15.2. The largest absolute Gasteiger partial charge is 0.366 e. The maximum atomic E-state index is 14.0. The second-order valence-corrected chi connectivity index (χ2v) is 6.34. The minimum atomic E-state index is -0.200. The topological polar surface area (TPSA) is 61.4 Å². The van der Waals surface area contributed by atoms with E-state index in [2.05, 4.69) is 20.2 Å². The van der Waals surface area contributed by atoms with E-state index >= 15 is 0 Å². The van der Waals surface area contributed by atoms with Crippen LogP contribution >= 0.6 is 0 Å². The molecule has 26 heavy (non-hydrogen) atoms. The van der Waals surface area contributed by atoms with Crippen molar-refractivity contribution in [2.75, 3.05) is 42.5 Å². The molecule has 1 fully saturated rings. The molecule has 0 saturated carbocycles. The van der Waals surface area contributed by atoms with Crippen LogP contribution in [0.5, 0.6) is 0 Å². The SMILES string of the molecule is CCCNC(=O)c1cc(N2CCN(c3ccccc3F)CC2)nc(C)n1. The van der Waals surface area contributed by atoms with Crippen molar-refractivity contribution < 1.29 is 9.18 Å². The number of hydrogen-bond donors (Lipinski definition) is 1. The lowest BCUT2D eigenvalue weighted by atomic mass is 10.2. The van der Waals surface area contributed by atoms with Gasteiger partial charge in [0, 0.05) is 38.8 Å². The summed E-state index contributed by atoms with van der Waals surface area (Å²) in [5, 5.41) is 2.84. The molecule has 138 valence electrons. The summed E-state index contributed by atoms with van der Waals surface area (Å²) in [6.07, 6.45) is 0.876. The third kappa shape index (κ3) is 4.09. The number of anilines is 2. The highest BCUT2D eigenvalue weighted by Gasteiger charge is 2.21. The quantitative estimate of drug-likeness (QED) is 0.890. The van der Waals surface area contributed by atoms with Crippen molar-refractivity contribution in [3.8, 4) is 0 Å². The monoisotopic (exact) mass is 357 g/mol. The molecule has 0 unspecified atom stereocenters. The van der Waals surface area contributed by atoms with E-state index in [1.807, 2.05) is 17.9 Å². The Morgan fingerprint density at radius 1 is 1.15 bits per heavy atom. The fraction of sp³-hybridized carbons (Fsp3) is 0.421. The summed E-state index contributed by atoms with van der Waals surface area (Å²) < 4.78 is 14.0. The van der Waals surface area contributed by atoms with E-state index < -0.39 is 0 Å². The predicted molar refractivity (Wildman–Crippen MR) is 100 cm³/mol. The van der Waals surface area contributed by atoms with Gasteiger partial charge in [-0.1, -0.05) is 19.1 Å². The van der Waals surface area contributed by atoms with Crippen LogP contribution in [-0.4, -0.2) is 48.6 Å². The Bertz CT molecular complexity index is 774. The van der Waals surface area contributed by atoms with Crippen LogP contribution < -0.4 is 15.1 Å². The van der Waals surface area contributed by atoms with Crippen LogP contribution in [0.2, 0.25) is 0 Å². The fourth-order valence-electron chi connectivity index (χ4n) is 3.04. The number of hydrogen-bond acceptors (Lipinski definition) is 5. The molecule has 0 atom stereocenters. The van der Waals surface area contributed by atoms with Crippen molar-refractivity contribution in [2.45, 2.75) is 20.3 Å². The first-order valence-electron chi connectivity index (χ1n) is 8.97. The number of aromatic nitrogens is 2. The molecule has 1 aromatic carbocycles. The van der Waals surface area contributed by atoms with Gasteiger partial charge in [0.15, 0.2) is 0 Å². The van der Waals surface area contributed by atoms with Crippen LogP contribution in [0.3, 0.4) is 0 Å². The Labute approximate surface area is 153 Å². The van der Waals surface area contributed by atoms with Crippen molar-refractivity contribution in [3.05, 3.63) is 47.7 Å². The molecule has 0 radical (unpaired) electrons. The number of nitrogens with one attached hydrogen (secondary N) is 1. The van der Waals surface area contributed by atoms with Gasteiger partial charge in [-0.15, -0.1) is 0 Å². The Hall–Kier alpha value is -2.70. The van der Waals surface area contributed by atoms with E-state index in [4.69, 9.17) is 0 Å². The molecule has 1 aromatic heterocycles. The number of carbonyl (C=O) groups is 1. The summed E-state index contributed by atoms with van der Waals surface area (Å²) in [5.41, 5.74) is 1.02. The molecule has 0 bridgehead atoms. The minimum Gasteiger partial charge on any atom is -0.366 e. The summed E-state index contributed by atoms with van der Waals surface area (Å²) in [6.45, 7) is 7.23. The highest BCUT2D eigenvalue weighted by molar-refractivity contribution is 5.92. The lowest BCUT2D eigenvalue weighted by molar-refractivity contribution is 0.0948. The summed E-state index contributed by atoms with van der Waals surface area (Å²) in [4.78, 5) is 25.1. The fourth-order valence-corrected chi connectivity index (χ4v) is 3.04. The second kappa shape index (κ2) is 8.12. The first kappa shape index (κ1) is 18.1. The highest BCUT2D eigenvalue weighted by Crippen LogP contribution is 2.22. The highest BCUT2D eigenvalue weighted by atomic mass is 19.1. The average Bonchev–Trinajstić information content (AvgIpc) is 2.66. The average molecular weight is 357 g/mol. The molecule has 6 nitrogen and oxygen atoms in total. The molecule has 0 spiro atoms. The van der Waals surface area contributed by atoms with Crippen LogP contribution in [0.1, 0.15) is 29.7 Å². The van der Waals surface area contributed by atoms with Gasteiger partial charge in [-0.2, -0.15) is 0 Å². The Kier molecular flexibility index (Phi) is 5.65. The smallest absolute Gasteiger partial charge is 0.270 e. The number of piperazine rings is 1. The van der Waals surface area contributed by atoms with Crippen molar-refractivity contribution in [3.63, 3.8) is 0 Å². The summed E-state index contributed by atoms with van der Waals surface area (Å²) in [6, 6.07) is 8.56. The van der Waals surface area contributed by atoms with Gasteiger partial charge in [-0.25, -0.2) is 14.4 Å². The van der Waals surface area contributed by atoms with E-state index in [1.54, 1.807) is 25.1 Å². The van der Waals surface area contributed by atoms with Crippen molar-refractivity contribution in [2.24, 2.45) is 0 Å². The van der Waals surface area contributed by atoms with Crippen LogP contribution in [0.15, 0.2) is 30.3 Å². The Morgan fingerprint density at radius 3 is 2.54 bits per heavy atom. The van der Waals surface area contributed by atoms with E-state index in [0.717, 1.165) is 12.2 Å². The van der Waals surface area contributed by atoms with E-state index in [9.17, 15) is 9.18 Å². The number of aryl methyl sites for hydroxylation is 1. The molecule has 1 N–H and O–H groups in total. The maximum absolute atomic E-state index is 14.0. The zero-order valence-electron chi connectivity index (χ0n) is 15.2. The van der Waals surface area contributed by atoms with Gasteiger partial charge in [0.05, 0.1) is 5.69 Å². The first-order chi connectivity index (χ1) is 12.6. The number of carbonyl (C=O) groups excluding carboxylic acids is 1. The van der Waals surface area contributed by atoms with Gasteiger partial charge in [-0.3, -0.25) is 4.79 Å². The zero-order chi connectivity index (χ0) is 18.5. The normalized spacial score (nSPS) is 14.4. The number of benzene rings is 1. The van der Waals surface area contributed by atoms with Gasteiger partial charge < -0.3 is 15.1 Å².